The summed E-state index contributed by atoms with van der Waals surface area (Å²) in [6, 6.07) is 4.71. The molecule has 0 aliphatic rings. The van der Waals surface area contributed by atoms with E-state index in [2.05, 4.69) is 4.74 Å². The fraction of sp³-hybridized carbons (Fsp3) is 0.133. The second-order valence-corrected chi connectivity index (χ2v) is 9.00. The minimum Gasteiger partial charge on any atom is -0.494 e. The van der Waals surface area contributed by atoms with Crippen molar-refractivity contribution in [2.45, 2.75) is 19.2 Å². The van der Waals surface area contributed by atoms with E-state index in [1.165, 1.54) is 6.92 Å². The molecule has 0 atom stereocenters. The summed E-state index contributed by atoms with van der Waals surface area (Å²) in [5.41, 5.74) is -5.71. The zero-order valence-electron chi connectivity index (χ0n) is 21.9. The van der Waals surface area contributed by atoms with E-state index in [-0.39, 0.29) is 18.4 Å². The Balaban J connectivity index is 1.63. The average molecular weight is 636 g/mol. The van der Waals surface area contributed by atoms with Crippen molar-refractivity contribution in [2.24, 2.45) is 0 Å². The highest BCUT2D eigenvalue weighted by molar-refractivity contribution is 5.73. The van der Waals surface area contributed by atoms with Crippen LogP contribution < -0.4 is 9.47 Å². The Morgan fingerprint density at radius 1 is 0.614 bits per heavy atom. The van der Waals surface area contributed by atoms with Crippen molar-refractivity contribution in [1.29, 1.82) is 0 Å². The molecule has 0 fully saturated rings. The summed E-state index contributed by atoms with van der Waals surface area (Å²) >= 11 is 0. The number of halogens is 12. The number of hydrogen-bond acceptors (Lipinski definition) is 2. The van der Waals surface area contributed by atoms with E-state index in [0.29, 0.717) is 42.5 Å². The average Bonchev–Trinajstić information content (AvgIpc) is 2.86. The third kappa shape index (κ3) is 6.95. The van der Waals surface area contributed by atoms with Crippen LogP contribution in [-0.4, -0.2) is 12.8 Å². The van der Waals surface area contributed by atoms with Crippen LogP contribution in [-0.2, 0) is 6.11 Å². The summed E-state index contributed by atoms with van der Waals surface area (Å²) in [6.45, 7) is 1.48. The predicted molar refractivity (Wildman–Crippen MR) is 134 cm³/mol. The van der Waals surface area contributed by atoms with Crippen LogP contribution in [0.15, 0.2) is 60.7 Å². The van der Waals surface area contributed by atoms with Gasteiger partial charge in [-0.25, -0.2) is 30.7 Å². The van der Waals surface area contributed by atoms with E-state index >= 15 is 0 Å². The van der Waals surface area contributed by atoms with Gasteiger partial charge in [0.15, 0.2) is 0 Å². The first-order valence-electron chi connectivity index (χ1n) is 12.2. The highest BCUT2D eigenvalue weighted by Crippen LogP contribution is 2.39. The van der Waals surface area contributed by atoms with E-state index in [1.54, 1.807) is 0 Å². The van der Waals surface area contributed by atoms with Crippen molar-refractivity contribution in [3.63, 3.8) is 0 Å². The molecule has 4 aromatic carbocycles. The summed E-state index contributed by atoms with van der Waals surface area (Å²) in [4.78, 5) is 0. The van der Waals surface area contributed by atoms with Crippen LogP contribution in [0.3, 0.4) is 0 Å². The summed E-state index contributed by atoms with van der Waals surface area (Å²) in [7, 11) is 0. The number of hydrogen-bond donors (Lipinski definition) is 0. The molecule has 0 unspecified atom stereocenters. The first kappa shape index (κ1) is 32.3. The Morgan fingerprint density at radius 2 is 1.14 bits per heavy atom. The SMILES string of the molecule is CCOc1cc(F)c(C(F)(F)Oc2ccc(-c3cc(F)c(-c4cc(F)c(C=CC(F)(F)F)c(F)c4)c(F)c3)c(F)c2)c(F)c1. The van der Waals surface area contributed by atoms with Crippen LogP contribution in [0.1, 0.15) is 18.1 Å². The van der Waals surface area contributed by atoms with Crippen molar-refractivity contribution in [3.05, 3.63) is 113 Å². The van der Waals surface area contributed by atoms with Crippen LogP contribution in [0.25, 0.3) is 28.3 Å². The molecule has 2 nitrogen and oxygen atoms in total. The monoisotopic (exact) mass is 636 g/mol. The molecule has 0 bridgehead atoms. The van der Waals surface area contributed by atoms with Crippen molar-refractivity contribution >= 4 is 6.08 Å². The molecule has 0 saturated carbocycles. The maximum absolute atomic E-state index is 15.0. The van der Waals surface area contributed by atoms with Crippen LogP contribution in [0.2, 0.25) is 0 Å². The van der Waals surface area contributed by atoms with Crippen molar-refractivity contribution < 1.29 is 62.2 Å². The fourth-order valence-corrected chi connectivity index (χ4v) is 4.14. The molecular weight excluding hydrogens is 620 g/mol. The third-order valence-electron chi connectivity index (χ3n) is 5.96. The van der Waals surface area contributed by atoms with Crippen LogP contribution in [0.5, 0.6) is 11.5 Å². The quantitative estimate of drug-likeness (QED) is 0.179. The maximum Gasteiger partial charge on any atom is 0.432 e. The van der Waals surface area contributed by atoms with Crippen molar-refractivity contribution in [3.8, 4) is 33.8 Å². The number of rotatable bonds is 8. The van der Waals surface area contributed by atoms with Crippen LogP contribution in [0.4, 0.5) is 52.7 Å². The van der Waals surface area contributed by atoms with Gasteiger partial charge in [-0.15, -0.1) is 0 Å². The summed E-state index contributed by atoms with van der Waals surface area (Å²) in [5, 5.41) is 0. The highest BCUT2D eigenvalue weighted by atomic mass is 19.4. The smallest absolute Gasteiger partial charge is 0.432 e. The zero-order chi connectivity index (χ0) is 32.6. The van der Waals surface area contributed by atoms with Gasteiger partial charge < -0.3 is 9.47 Å². The van der Waals surface area contributed by atoms with Crippen LogP contribution in [0, 0.1) is 40.7 Å². The molecule has 44 heavy (non-hydrogen) atoms. The predicted octanol–water partition coefficient (Wildman–Crippen LogP) is 10.1. The lowest BCUT2D eigenvalue weighted by molar-refractivity contribution is -0.189. The van der Waals surface area contributed by atoms with Gasteiger partial charge >= 0.3 is 12.3 Å². The number of ether oxygens (including phenoxy) is 2. The Hall–Kier alpha value is -4.62. The molecule has 0 saturated heterocycles. The lowest BCUT2D eigenvalue weighted by atomic mass is 9.97. The van der Waals surface area contributed by atoms with E-state index in [1.807, 2.05) is 0 Å². The zero-order valence-corrected chi connectivity index (χ0v) is 21.9. The lowest BCUT2D eigenvalue weighted by Crippen LogP contribution is -2.25. The van der Waals surface area contributed by atoms with Gasteiger partial charge in [0.05, 0.1) is 12.2 Å². The molecule has 0 N–H and O–H groups in total. The highest BCUT2D eigenvalue weighted by Gasteiger charge is 2.41. The minimum absolute atomic E-state index is 0.0103. The van der Waals surface area contributed by atoms with Crippen molar-refractivity contribution in [2.75, 3.05) is 6.61 Å². The fourth-order valence-electron chi connectivity index (χ4n) is 4.14. The second kappa shape index (κ2) is 12.2. The normalized spacial score (nSPS) is 12.2. The van der Waals surface area contributed by atoms with Gasteiger partial charge in [-0.3, -0.25) is 0 Å². The van der Waals surface area contributed by atoms with Gasteiger partial charge in [-0.1, -0.05) is 0 Å². The summed E-state index contributed by atoms with van der Waals surface area (Å²) < 4.78 is 178. The lowest BCUT2D eigenvalue weighted by Gasteiger charge is -2.20. The molecule has 0 aliphatic heterocycles. The number of benzene rings is 4. The Kier molecular flexibility index (Phi) is 8.93. The standard InChI is InChI=1S/C30H16F12O2/c1-2-43-17-12-25(36)28(26(37)13-17)30(41,42)44-16-3-4-18(22(33)11-16)14-7-23(34)27(24(35)8-14)15-9-20(31)19(21(32)10-15)5-6-29(38,39)40/h3-13H,2H2,1H3. The van der Waals surface area contributed by atoms with Gasteiger partial charge in [0.25, 0.3) is 0 Å². The number of alkyl halides is 5. The molecule has 0 aromatic heterocycles. The molecule has 232 valence electrons. The van der Waals surface area contributed by atoms with E-state index in [9.17, 15) is 52.7 Å². The largest absolute Gasteiger partial charge is 0.494 e. The molecule has 0 heterocycles. The van der Waals surface area contributed by atoms with Gasteiger partial charge in [-0.05, 0) is 60.5 Å². The van der Waals surface area contributed by atoms with Gasteiger partial charge in [-0.2, -0.15) is 22.0 Å². The topological polar surface area (TPSA) is 18.5 Å². The second-order valence-electron chi connectivity index (χ2n) is 9.00. The van der Waals surface area contributed by atoms with Gasteiger partial charge in [0.1, 0.15) is 57.8 Å². The molecule has 4 aromatic rings. The van der Waals surface area contributed by atoms with E-state index in [0.717, 1.165) is 12.1 Å². The minimum atomic E-state index is -4.89. The van der Waals surface area contributed by atoms with Crippen molar-refractivity contribution in [1.82, 2.24) is 0 Å². The molecule has 0 amide bonds. The van der Waals surface area contributed by atoms with Gasteiger partial charge in [0.2, 0.25) is 0 Å². The summed E-state index contributed by atoms with van der Waals surface area (Å²) in [6.07, 6.45) is -9.87. The van der Waals surface area contributed by atoms with E-state index < -0.39 is 98.2 Å². The Bertz CT molecular complexity index is 1680. The Labute approximate surface area is 240 Å². The first-order valence-corrected chi connectivity index (χ1v) is 12.2. The van der Waals surface area contributed by atoms with Gasteiger partial charge in [0, 0.05) is 35.4 Å². The third-order valence-corrected chi connectivity index (χ3v) is 5.96. The number of allylic oxidation sites excluding steroid dienone is 1. The molecule has 4 rings (SSSR count). The summed E-state index contributed by atoms with van der Waals surface area (Å²) in [5.74, 6) is -12.1. The Morgan fingerprint density at radius 3 is 1.64 bits per heavy atom. The molecular formula is C30H16F12O2. The van der Waals surface area contributed by atoms with Crippen LogP contribution >= 0.6 is 0 Å². The molecule has 0 spiro atoms. The molecule has 0 radical (unpaired) electrons. The first-order chi connectivity index (χ1) is 20.5. The maximum atomic E-state index is 15.0. The van der Waals surface area contributed by atoms with E-state index in [4.69, 9.17) is 4.74 Å². The molecule has 14 heteroatoms. The molecule has 0 aliphatic carbocycles.